The number of aromatic nitrogens is 3. The zero-order valence-corrected chi connectivity index (χ0v) is 25.5. The van der Waals surface area contributed by atoms with Gasteiger partial charge < -0.3 is 4.42 Å². The molecule has 0 N–H and O–H groups in total. The number of fused-ring (bicyclic) bond motifs is 4. The van der Waals surface area contributed by atoms with E-state index in [1.54, 1.807) is 0 Å². The van der Waals surface area contributed by atoms with Gasteiger partial charge in [0.1, 0.15) is 17.0 Å². The van der Waals surface area contributed by atoms with Gasteiger partial charge in [0, 0.05) is 27.8 Å². The molecule has 0 aliphatic heterocycles. The number of rotatable bonds is 5. The molecule has 4 heteroatoms. The van der Waals surface area contributed by atoms with Crippen molar-refractivity contribution in [1.29, 1.82) is 0 Å². The molecular formula is C43H29N3O. The first-order valence-corrected chi connectivity index (χ1v) is 16.0. The Morgan fingerprint density at radius 3 is 2.13 bits per heavy atom. The summed E-state index contributed by atoms with van der Waals surface area (Å²) in [7, 11) is 0. The summed E-state index contributed by atoms with van der Waals surface area (Å²) in [5, 5.41) is 4.55. The molecule has 1 atom stereocenters. The molecule has 0 saturated carbocycles. The number of furan rings is 1. The third-order valence-corrected chi connectivity index (χ3v) is 9.05. The lowest BCUT2D eigenvalue weighted by Gasteiger charge is -2.14. The minimum Gasteiger partial charge on any atom is -0.456 e. The van der Waals surface area contributed by atoms with Crippen molar-refractivity contribution >= 4 is 32.7 Å². The van der Waals surface area contributed by atoms with E-state index >= 15 is 0 Å². The van der Waals surface area contributed by atoms with Crippen molar-refractivity contribution < 1.29 is 4.42 Å². The second kappa shape index (κ2) is 11.3. The van der Waals surface area contributed by atoms with Crippen molar-refractivity contribution in [3.63, 3.8) is 0 Å². The van der Waals surface area contributed by atoms with Gasteiger partial charge in [-0.15, -0.1) is 0 Å². The number of benzene rings is 6. The molecule has 8 aromatic rings. The second-order valence-electron chi connectivity index (χ2n) is 12.0. The van der Waals surface area contributed by atoms with Gasteiger partial charge in [-0.3, -0.25) is 0 Å². The van der Waals surface area contributed by atoms with Crippen LogP contribution in [0.5, 0.6) is 0 Å². The molecule has 4 nitrogen and oxygen atoms in total. The first-order valence-electron chi connectivity index (χ1n) is 16.0. The molecule has 9 rings (SSSR count). The lowest BCUT2D eigenvalue weighted by atomic mass is 9.96. The minimum atomic E-state index is 0.0964. The van der Waals surface area contributed by atoms with Crippen LogP contribution < -0.4 is 0 Å². The number of hydrogen-bond acceptors (Lipinski definition) is 4. The van der Waals surface area contributed by atoms with Crippen molar-refractivity contribution in [1.82, 2.24) is 15.0 Å². The van der Waals surface area contributed by atoms with Gasteiger partial charge in [0.25, 0.3) is 0 Å². The van der Waals surface area contributed by atoms with Gasteiger partial charge in [0.15, 0.2) is 11.6 Å². The van der Waals surface area contributed by atoms with Crippen LogP contribution in [-0.2, 0) is 0 Å². The zero-order valence-electron chi connectivity index (χ0n) is 25.5. The molecule has 1 aliphatic carbocycles. The van der Waals surface area contributed by atoms with Gasteiger partial charge in [0.2, 0.25) is 0 Å². The van der Waals surface area contributed by atoms with Crippen LogP contribution in [-0.4, -0.2) is 15.0 Å². The minimum absolute atomic E-state index is 0.0964. The quantitative estimate of drug-likeness (QED) is 0.196. The van der Waals surface area contributed by atoms with Crippen LogP contribution in [0.3, 0.4) is 0 Å². The Hall–Kier alpha value is -6.13. The van der Waals surface area contributed by atoms with Gasteiger partial charge in [-0.05, 0) is 57.6 Å². The van der Waals surface area contributed by atoms with Crippen LogP contribution >= 0.6 is 0 Å². The van der Waals surface area contributed by atoms with E-state index in [1.807, 2.05) is 42.5 Å². The van der Waals surface area contributed by atoms with E-state index < -0.39 is 0 Å². The third kappa shape index (κ3) is 4.91. The summed E-state index contributed by atoms with van der Waals surface area (Å²) in [6.45, 7) is 0. The van der Waals surface area contributed by atoms with E-state index in [-0.39, 0.29) is 5.92 Å². The fourth-order valence-electron chi connectivity index (χ4n) is 6.68. The maximum Gasteiger partial charge on any atom is 0.164 e. The average Bonchev–Trinajstić information content (AvgIpc) is 3.53. The highest BCUT2D eigenvalue weighted by atomic mass is 16.3. The van der Waals surface area contributed by atoms with Gasteiger partial charge >= 0.3 is 0 Å². The Morgan fingerprint density at radius 2 is 1.26 bits per heavy atom. The number of allylic oxidation sites excluding steroid dienone is 4. The highest BCUT2D eigenvalue weighted by molar-refractivity contribution is 6.12. The summed E-state index contributed by atoms with van der Waals surface area (Å²) >= 11 is 0. The lowest BCUT2D eigenvalue weighted by Crippen LogP contribution is -2.07. The Bertz CT molecular complexity index is 2490. The predicted octanol–water partition coefficient (Wildman–Crippen LogP) is 11.2. The molecule has 47 heavy (non-hydrogen) atoms. The first-order chi connectivity index (χ1) is 23.3. The molecule has 0 fully saturated rings. The maximum absolute atomic E-state index is 6.49. The Kier molecular flexibility index (Phi) is 6.57. The van der Waals surface area contributed by atoms with Crippen molar-refractivity contribution in [3.05, 3.63) is 164 Å². The van der Waals surface area contributed by atoms with E-state index in [0.29, 0.717) is 11.6 Å². The maximum atomic E-state index is 6.49. The average molecular weight is 604 g/mol. The van der Waals surface area contributed by atoms with Crippen molar-refractivity contribution in [2.24, 2.45) is 0 Å². The molecule has 6 aromatic carbocycles. The molecule has 0 saturated heterocycles. The van der Waals surface area contributed by atoms with Gasteiger partial charge in [-0.1, -0.05) is 140 Å². The van der Waals surface area contributed by atoms with Crippen LogP contribution in [0.2, 0.25) is 0 Å². The molecule has 0 bridgehead atoms. The lowest BCUT2D eigenvalue weighted by molar-refractivity contribution is 0.669. The summed E-state index contributed by atoms with van der Waals surface area (Å²) in [5.41, 5.74) is 8.23. The topological polar surface area (TPSA) is 51.8 Å². The fraction of sp³-hybridized carbons (Fsp3) is 0.0465. The third-order valence-electron chi connectivity index (χ3n) is 9.05. The summed E-state index contributed by atoms with van der Waals surface area (Å²) in [6, 6.07) is 46.5. The Balaban J connectivity index is 1.13. The summed E-state index contributed by atoms with van der Waals surface area (Å²) < 4.78 is 6.49. The van der Waals surface area contributed by atoms with E-state index in [0.717, 1.165) is 56.4 Å². The Morgan fingerprint density at radius 1 is 0.511 bits per heavy atom. The fourth-order valence-corrected chi connectivity index (χ4v) is 6.68. The van der Waals surface area contributed by atoms with E-state index in [9.17, 15) is 0 Å². The van der Waals surface area contributed by atoms with Crippen LogP contribution in [0.4, 0.5) is 0 Å². The standard InChI is InChI=1S/C43H29N3O/c1-3-12-31(13-4-1)41-44-42(32-14-5-2-6-15-32)46-43(45-41)37-19-10-20-38-40(37)36-26-25-33(27-39(36)47-38)28-21-23-30(24-22-28)35-18-9-16-29-11-7-8-17-34(29)35/h1-14,16-27,32H,15H2. The Labute approximate surface area is 272 Å². The molecule has 0 amide bonds. The summed E-state index contributed by atoms with van der Waals surface area (Å²) in [4.78, 5) is 15.0. The molecule has 2 heterocycles. The van der Waals surface area contributed by atoms with Crippen LogP contribution in [0.15, 0.2) is 162 Å². The zero-order chi connectivity index (χ0) is 31.2. The van der Waals surface area contributed by atoms with E-state index in [1.165, 1.54) is 21.9 Å². The molecular weight excluding hydrogens is 574 g/mol. The van der Waals surface area contributed by atoms with Crippen molar-refractivity contribution in [2.45, 2.75) is 12.3 Å². The van der Waals surface area contributed by atoms with E-state index in [4.69, 9.17) is 19.4 Å². The highest BCUT2D eigenvalue weighted by Crippen LogP contribution is 2.39. The molecule has 1 aliphatic rings. The van der Waals surface area contributed by atoms with Crippen LogP contribution in [0, 0.1) is 0 Å². The largest absolute Gasteiger partial charge is 0.456 e. The summed E-state index contributed by atoms with van der Waals surface area (Å²) in [5.74, 6) is 2.19. The highest BCUT2D eigenvalue weighted by Gasteiger charge is 2.20. The number of nitrogens with zero attached hydrogens (tertiary/aromatic N) is 3. The predicted molar refractivity (Wildman–Crippen MR) is 192 cm³/mol. The van der Waals surface area contributed by atoms with Crippen LogP contribution in [0.25, 0.3) is 77.7 Å². The number of hydrogen-bond donors (Lipinski definition) is 0. The van der Waals surface area contributed by atoms with Crippen molar-refractivity contribution in [2.75, 3.05) is 0 Å². The SMILES string of the molecule is C1=CCC(c2nc(-c3ccccc3)nc(-c3cccc4oc5cc(-c6ccc(-c7cccc8ccccc78)cc6)ccc5c34)n2)C=C1. The van der Waals surface area contributed by atoms with Gasteiger partial charge in [-0.2, -0.15) is 0 Å². The van der Waals surface area contributed by atoms with Crippen molar-refractivity contribution in [3.8, 4) is 45.0 Å². The molecule has 0 radical (unpaired) electrons. The second-order valence-corrected chi connectivity index (χ2v) is 12.0. The normalized spacial score (nSPS) is 14.3. The molecule has 2 aromatic heterocycles. The smallest absolute Gasteiger partial charge is 0.164 e. The molecule has 1 unspecified atom stereocenters. The monoisotopic (exact) mass is 603 g/mol. The van der Waals surface area contributed by atoms with Gasteiger partial charge in [-0.25, -0.2) is 15.0 Å². The van der Waals surface area contributed by atoms with E-state index in [2.05, 4.69) is 115 Å². The molecule has 222 valence electrons. The molecule has 0 spiro atoms. The summed E-state index contributed by atoms with van der Waals surface area (Å²) in [6.07, 6.45) is 9.33. The van der Waals surface area contributed by atoms with Gasteiger partial charge in [0.05, 0.1) is 0 Å². The van der Waals surface area contributed by atoms with Crippen LogP contribution in [0.1, 0.15) is 18.2 Å². The first kappa shape index (κ1) is 27.2.